The summed E-state index contributed by atoms with van der Waals surface area (Å²) in [5, 5.41) is 17.2. The quantitative estimate of drug-likeness (QED) is 0.478. The largest absolute Gasteiger partial charge is 0.379 e. The summed E-state index contributed by atoms with van der Waals surface area (Å²) in [6, 6.07) is 6.97. The van der Waals surface area contributed by atoms with E-state index in [1.165, 1.54) is 41.5 Å². The summed E-state index contributed by atoms with van der Waals surface area (Å²) in [6.45, 7) is 3.87. The van der Waals surface area contributed by atoms with Crippen LogP contribution in [0.3, 0.4) is 0 Å². The first kappa shape index (κ1) is 21.4. The lowest BCUT2D eigenvalue weighted by atomic mass is 10.1. The molecule has 30 heavy (non-hydrogen) atoms. The average molecular weight is 417 g/mol. The van der Waals surface area contributed by atoms with Crippen molar-refractivity contribution in [3.05, 3.63) is 52.3 Å². The lowest BCUT2D eigenvalue weighted by Gasteiger charge is -2.28. The van der Waals surface area contributed by atoms with E-state index in [9.17, 15) is 19.7 Å². The minimum absolute atomic E-state index is 0.157. The first-order chi connectivity index (χ1) is 14.5. The Labute approximate surface area is 172 Å². The van der Waals surface area contributed by atoms with Gasteiger partial charge < -0.3 is 19.5 Å². The highest BCUT2D eigenvalue weighted by Gasteiger charge is 2.21. The van der Waals surface area contributed by atoms with E-state index in [-0.39, 0.29) is 23.6 Å². The number of rotatable bonds is 9. The van der Waals surface area contributed by atoms with Crippen molar-refractivity contribution < 1.29 is 23.8 Å². The highest BCUT2D eigenvalue weighted by molar-refractivity contribution is 5.99. The van der Waals surface area contributed by atoms with E-state index in [2.05, 4.69) is 19.9 Å². The molecule has 160 valence electrons. The number of anilines is 1. The standard InChI is InChI=1S/C19H23N5O6/c25-18(20-17-5-10-30-21-17)14-23(7-2-6-22-8-11-29-12-9-22)19(26)15-3-1-4-16(13-15)24(27)28/h1,3-5,10,13H,2,6-9,11-12,14H2,(H,20,21,25). The highest BCUT2D eigenvalue weighted by atomic mass is 16.6. The van der Waals surface area contributed by atoms with Crippen molar-refractivity contribution in [3.63, 3.8) is 0 Å². The summed E-state index contributed by atoms with van der Waals surface area (Å²) in [5.74, 6) is -0.638. The minimum Gasteiger partial charge on any atom is -0.379 e. The third-order valence-corrected chi connectivity index (χ3v) is 4.64. The van der Waals surface area contributed by atoms with Gasteiger partial charge in [-0.25, -0.2) is 0 Å². The molecular formula is C19H23N5O6. The second-order valence-electron chi connectivity index (χ2n) is 6.77. The number of nitrogens with one attached hydrogen (secondary N) is 1. The Hall–Kier alpha value is -3.31. The fraction of sp³-hybridized carbons (Fsp3) is 0.421. The molecule has 0 saturated carbocycles. The first-order valence-corrected chi connectivity index (χ1v) is 9.57. The fourth-order valence-electron chi connectivity index (χ4n) is 3.13. The number of benzene rings is 1. The van der Waals surface area contributed by atoms with Gasteiger partial charge in [-0.1, -0.05) is 11.2 Å². The molecule has 1 fully saturated rings. The second kappa shape index (κ2) is 10.5. The number of carbonyl (C=O) groups is 2. The van der Waals surface area contributed by atoms with E-state index >= 15 is 0 Å². The maximum atomic E-state index is 13.0. The van der Waals surface area contributed by atoms with Gasteiger partial charge in [-0.3, -0.25) is 24.6 Å². The van der Waals surface area contributed by atoms with Crippen molar-refractivity contribution in [1.82, 2.24) is 15.0 Å². The molecule has 1 aliphatic rings. The van der Waals surface area contributed by atoms with Crippen LogP contribution >= 0.6 is 0 Å². The summed E-state index contributed by atoms with van der Waals surface area (Å²) < 4.78 is 10.0. The van der Waals surface area contributed by atoms with Gasteiger partial charge in [0.1, 0.15) is 12.8 Å². The molecule has 11 heteroatoms. The summed E-state index contributed by atoms with van der Waals surface area (Å²) in [6.07, 6.45) is 1.97. The van der Waals surface area contributed by atoms with Gasteiger partial charge in [-0.05, 0) is 12.5 Å². The van der Waals surface area contributed by atoms with Gasteiger partial charge in [-0.15, -0.1) is 0 Å². The van der Waals surface area contributed by atoms with E-state index < -0.39 is 16.7 Å². The molecule has 0 spiro atoms. The van der Waals surface area contributed by atoms with Crippen LogP contribution in [0.15, 0.2) is 41.1 Å². The first-order valence-electron chi connectivity index (χ1n) is 9.57. The highest BCUT2D eigenvalue weighted by Crippen LogP contribution is 2.15. The number of morpholine rings is 1. The topological polar surface area (TPSA) is 131 Å². The van der Waals surface area contributed by atoms with Crippen LogP contribution in [0.5, 0.6) is 0 Å². The van der Waals surface area contributed by atoms with Crippen molar-refractivity contribution >= 4 is 23.3 Å². The number of hydrogen-bond acceptors (Lipinski definition) is 8. The number of nitro benzene ring substituents is 1. The number of aromatic nitrogens is 1. The van der Waals surface area contributed by atoms with Crippen LogP contribution in [0.4, 0.5) is 11.5 Å². The molecule has 0 aliphatic carbocycles. The normalized spacial score (nSPS) is 14.3. The number of ether oxygens (including phenoxy) is 1. The smallest absolute Gasteiger partial charge is 0.270 e. The van der Waals surface area contributed by atoms with Gasteiger partial charge in [0.25, 0.3) is 11.6 Å². The molecular weight excluding hydrogens is 394 g/mol. The van der Waals surface area contributed by atoms with Gasteiger partial charge in [-0.2, -0.15) is 0 Å². The zero-order chi connectivity index (χ0) is 21.3. The Bertz CT molecular complexity index is 866. The van der Waals surface area contributed by atoms with Crippen LogP contribution in [0.2, 0.25) is 0 Å². The SMILES string of the molecule is O=C(CN(CCCN1CCOCC1)C(=O)c1cccc([N+](=O)[O-])c1)Nc1ccon1. The van der Waals surface area contributed by atoms with Crippen LogP contribution in [0.25, 0.3) is 0 Å². The Morgan fingerprint density at radius 1 is 1.27 bits per heavy atom. The number of nitrogens with zero attached hydrogens (tertiary/aromatic N) is 4. The van der Waals surface area contributed by atoms with Crippen LogP contribution in [0, 0.1) is 10.1 Å². The summed E-state index contributed by atoms with van der Waals surface area (Å²) in [7, 11) is 0. The van der Waals surface area contributed by atoms with Gasteiger partial charge in [0.2, 0.25) is 5.91 Å². The van der Waals surface area contributed by atoms with Crippen LogP contribution in [-0.2, 0) is 9.53 Å². The maximum Gasteiger partial charge on any atom is 0.270 e. The van der Waals surface area contributed by atoms with Gasteiger partial charge >= 0.3 is 0 Å². The van der Waals surface area contributed by atoms with E-state index in [1.807, 2.05) is 0 Å². The second-order valence-corrected chi connectivity index (χ2v) is 6.77. The van der Waals surface area contributed by atoms with E-state index in [0.29, 0.717) is 26.2 Å². The zero-order valence-electron chi connectivity index (χ0n) is 16.4. The lowest BCUT2D eigenvalue weighted by molar-refractivity contribution is -0.384. The van der Waals surface area contributed by atoms with E-state index in [4.69, 9.17) is 4.74 Å². The monoisotopic (exact) mass is 417 g/mol. The van der Waals surface area contributed by atoms with Crippen molar-refractivity contribution in [3.8, 4) is 0 Å². The molecule has 0 radical (unpaired) electrons. The zero-order valence-corrected chi connectivity index (χ0v) is 16.4. The molecule has 0 atom stereocenters. The van der Waals surface area contributed by atoms with Crippen molar-refractivity contribution in [2.45, 2.75) is 6.42 Å². The van der Waals surface area contributed by atoms with Crippen LogP contribution < -0.4 is 5.32 Å². The molecule has 2 aromatic rings. The van der Waals surface area contributed by atoms with Crippen LogP contribution in [0.1, 0.15) is 16.8 Å². The Balaban J connectivity index is 1.66. The summed E-state index contributed by atoms with van der Waals surface area (Å²) >= 11 is 0. The van der Waals surface area contributed by atoms with E-state index in [0.717, 1.165) is 19.6 Å². The molecule has 11 nitrogen and oxygen atoms in total. The van der Waals surface area contributed by atoms with Gasteiger partial charge in [0.05, 0.1) is 18.1 Å². The summed E-state index contributed by atoms with van der Waals surface area (Å²) in [4.78, 5) is 39.5. The third-order valence-electron chi connectivity index (χ3n) is 4.64. The van der Waals surface area contributed by atoms with Crippen LogP contribution in [-0.4, -0.2) is 77.6 Å². The molecule has 3 rings (SSSR count). The van der Waals surface area contributed by atoms with Crippen molar-refractivity contribution in [1.29, 1.82) is 0 Å². The van der Waals surface area contributed by atoms with Crippen molar-refractivity contribution in [2.24, 2.45) is 0 Å². The average Bonchev–Trinajstić information content (AvgIpc) is 3.26. The Morgan fingerprint density at radius 3 is 2.77 bits per heavy atom. The van der Waals surface area contributed by atoms with Crippen molar-refractivity contribution in [2.75, 3.05) is 51.3 Å². The third kappa shape index (κ3) is 6.09. The molecule has 1 aliphatic heterocycles. The van der Waals surface area contributed by atoms with E-state index in [1.54, 1.807) is 0 Å². The number of carbonyl (C=O) groups excluding carboxylic acids is 2. The number of nitro groups is 1. The Morgan fingerprint density at radius 2 is 2.07 bits per heavy atom. The molecule has 1 N–H and O–H groups in total. The molecule has 1 aromatic heterocycles. The number of hydrogen-bond donors (Lipinski definition) is 1. The predicted octanol–water partition coefficient (Wildman–Crippen LogP) is 1.39. The molecule has 1 saturated heterocycles. The number of amides is 2. The lowest BCUT2D eigenvalue weighted by Crippen LogP contribution is -2.41. The summed E-state index contributed by atoms with van der Waals surface area (Å²) in [5.41, 5.74) is -0.0222. The fourth-order valence-corrected chi connectivity index (χ4v) is 3.13. The number of non-ortho nitro benzene ring substituents is 1. The minimum atomic E-state index is -0.559. The maximum absolute atomic E-state index is 13.0. The Kier molecular flexibility index (Phi) is 7.46. The molecule has 2 heterocycles. The molecule has 0 bridgehead atoms. The van der Waals surface area contributed by atoms with Gasteiger partial charge in [0, 0.05) is 49.9 Å². The molecule has 1 aromatic carbocycles. The molecule has 0 unspecified atom stereocenters. The van der Waals surface area contributed by atoms with Gasteiger partial charge in [0.15, 0.2) is 5.82 Å². The molecule has 2 amide bonds. The predicted molar refractivity (Wildman–Crippen MR) is 106 cm³/mol.